The normalized spacial score (nSPS) is 17.5. The number of carbonyl (C=O) groups is 1. The van der Waals surface area contributed by atoms with E-state index in [2.05, 4.69) is 69.3 Å². The second kappa shape index (κ2) is 7.67. The summed E-state index contributed by atoms with van der Waals surface area (Å²) in [4.78, 5) is 23.1. The number of nitrogens with one attached hydrogen (secondary N) is 3. The lowest BCUT2D eigenvalue weighted by Crippen LogP contribution is -2.36. The summed E-state index contributed by atoms with van der Waals surface area (Å²) in [5.41, 5.74) is 8.54. The third kappa shape index (κ3) is 3.84. The van der Waals surface area contributed by atoms with Gasteiger partial charge in [0.15, 0.2) is 0 Å². The number of H-pyrrole nitrogens is 1. The maximum atomic E-state index is 13.1. The number of aromatic nitrogens is 3. The van der Waals surface area contributed by atoms with Crippen molar-refractivity contribution in [3.8, 4) is 11.1 Å². The van der Waals surface area contributed by atoms with E-state index in [9.17, 15) is 4.79 Å². The highest BCUT2D eigenvalue weighted by Crippen LogP contribution is 2.42. The molecule has 1 aliphatic carbocycles. The van der Waals surface area contributed by atoms with Crippen molar-refractivity contribution in [1.82, 2.24) is 26.0 Å². The lowest BCUT2D eigenvalue weighted by molar-refractivity contribution is -0.0821. The number of benzene rings is 2. The van der Waals surface area contributed by atoms with Crippen LogP contribution in [0.2, 0.25) is 0 Å². The van der Waals surface area contributed by atoms with Crippen LogP contribution in [0, 0.1) is 6.92 Å². The van der Waals surface area contributed by atoms with Crippen molar-refractivity contribution in [3.63, 3.8) is 0 Å². The summed E-state index contributed by atoms with van der Waals surface area (Å²) in [6.45, 7) is 3.94. The Morgan fingerprint density at radius 1 is 1.13 bits per heavy atom. The third-order valence-corrected chi connectivity index (χ3v) is 6.05. The first-order valence-electron chi connectivity index (χ1n) is 10.6. The molecule has 3 N–H and O–H groups in total. The minimum Gasteiger partial charge on any atom is -0.342 e. The van der Waals surface area contributed by atoms with Crippen molar-refractivity contribution in [3.05, 3.63) is 77.4 Å². The Hall–Kier alpha value is -3.45. The smallest absolute Gasteiger partial charge is 0.251 e. The van der Waals surface area contributed by atoms with E-state index >= 15 is 0 Å². The number of rotatable bonds is 5. The van der Waals surface area contributed by atoms with Crippen LogP contribution >= 0.6 is 0 Å². The molecule has 2 heterocycles. The second-order valence-electron chi connectivity index (χ2n) is 8.41. The van der Waals surface area contributed by atoms with E-state index in [1.807, 2.05) is 19.1 Å². The van der Waals surface area contributed by atoms with E-state index in [0.29, 0.717) is 11.4 Å². The second-order valence-corrected chi connectivity index (χ2v) is 8.41. The summed E-state index contributed by atoms with van der Waals surface area (Å²) in [6.07, 6.45) is 6.79. The van der Waals surface area contributed by atoms with Crippen LogP contribution in [-0.4, -0.2) is 26.7 Å². The molecule has 158 valence electrons. The van der Waals surface area contributed by atoms with Crippen molar-refractivity contribution < 1.29 is 9.63 Å². The van der Waals surface area contributed by atoms with Gasteiger partial charge >= 0.3 is 0 Å². The molecule has 2 aromatic carbocycles. The Bertz CT molecular complexity index is 1130. The van der Waals surface area contributed by atoms with Crippen molar-refractivity contribution in [1.29, 1.82) is 0 Å². The average Bonchev–Trinajstić information content (AvgIpc) is 3.44. The number of hydrogen-bond acceptors (Lipinski definition) is 5. The number of hydrogen-bond donors (Lipinski definition) is 3. The number of nitrogens with zero attached hydrogens (tertiary/aromatic N) is 2. The Balaban J connectivity index is 1.50. The SMILES string of the molecule is Cc1ccc(-c2cc(C(=O)NC(C)c3ncn[nH]3)cc(C3=CC4(CCC4)ON3)c2)cc1. The molecule has 1 amide bonds. The molecule has 0 bridgehead atoms. The maximum absolute atomic E-state index is 13.1. The predicted octanol–water partition coefficient (Wildman–Crippen LogP) is 4.07. The first-order valence-corrected chi connectivity index (χ1v) is 10.6. The molecule has 1 fully saturated rings. The van der Waals surface area contributed by atoms with Crippen molar-refractivity contribution in [2.75, 3.05) is 0 Å². The highest BCUT2D eigenvalue weighted by Gasteiger charge is 2.41. The molecule has 7 nitrogen and oxygen atoms in total. The van der Waals surface area contributed by atoms with Crippen LogP contribution < -0.4 is 10.8 Å². The van der Waals surface area contributed by atoms with E-state index in [0.717, 1.165) is 35.2 Å². The van der Waals surface area contributed by atoms with Gasteiger partial charge in [-0.15, -0.1) is 0 Å². The molecule has 5 rings (SSSR count). The topological polar surface area (TPSA) is 91.9 Å². The first kappa shape index (κ1) is 19.5. The van der Waals surface area contributed by atoms with Gasteiger partial charge in [-0.3, -0.25) is 20.2 Å². The Morgan fingerprint density at radius 3 is 2.55 bits per heavy atom. The van der Waals surface area contributed by atoms with Crippen molar-refractivity contribution in [2.45, 2.75) is 44.8 Å². The number of hydroxylamine groups is 1. The summed E-state index contributed by atoms with van der Waals surface area (Å²) in [5.74, 6) is 0.445. The predicted molar refractivity (Wildman–Crippen MR) is 118 cm³/mol. The summed E-state index contributed by atoms with van der Waals surface area (Å²) in [5, 5.41) is 9.66. The fourth-order valence-corrected chi connectivity index (χ4v) is 3.99. The number of amides is 1. The van der Waals surface area contributed by atoms with Crippen LogP contribution in [0.4, 0.5) is 0 Å². The minimum absolute atomic E-state index is 0.169. The van der Waals surface area contributed by atoms with E-state index in [1.165, 1.54) is 18.3 Å². The Labute approximate surface area is 180 Å². The molecular weight excluding hydrogens is 390 g/mol. The summed E-state index contributed by atoms with van der Waals surface area (Å²) in [7, 11) is 0. The zero-order chi connectivity index (χ0) is 21.4. The third-order valence-electron chi connectivity index (χ3n) is 6.05. The molecule has 1 saturated carbocycles. The van der Waals surface area contributed by atoms with Gasteiger partial charge in [0.2, 0.25) is 0 Å². The lowest BCUT2D eigenvalue weighted by Gasteiger charge is -2.33. The molecule has 31 heavy (non-hydrogen) atoms. The molecule has 1 aliphatic heterocycles. The molecule has 2 aliphatic rings. The van der Waals surface area contributed by atoms with Gasteiger partial charge in [-0.05, 0) is 68.5 Å². The average molecular weight is 415 g/mol. The molecule has 7 heteroatoms. The lowest BCUT2D eigenvalue weighted by atomic mass is 9.80. The van der Waals surface area contributed by atoms with Gasteiger partial charge in [0.05, 0.1) is 11.7 Å². The monoisotopic (exact) mass is 415 g/mol. The van der Waals surface area contributed by atoms with Crippen LogP contribution in [-0.2, 0) is 4.84 Å². The van der Waals surface area contributed by atoms with Gasteiger partial charge < -0.3 is 5.32 Å². The standard InChI is InChI=1S/C24H25N5O2/c1-15-4-6-17(7-5-15)18-10-19(21-13-24(31-29-21)8-3-9-24)12-20(11-18)23(30)27-16(2)22-25-14-26-28-22/h4-7,10-14,16,29H,3,8-9H2,1-2H3,(H,27,30)(H,25,26,28). The number of aromatic amines is 1. The number of aryl methyl sites for hydroxylation is 1. The van der Waals surface area contributed by atoms with Gasteiger partial charge in [-0.25, -0.2) is 4.98 Å². The van der Waals surface area contributed by atoms with Gasteiger partial charge in [0, 0.05) is 11.1 Å². The van der Waals surface area contributed by atoms with E-state index in [-0.39, 0.29) is 17.6 Å². The first-order chi connectivity index (χ1) is 15.0. The Morgan fingerprint density at radius 2 is 1.90 bits per heavy atom. The molecule has 0 saturated heterocycles. The van der Waals surface area contributed by atoms with E-state index in [4.69, 9.17) is 4.84 Å². The summed E-state index contributed by atoms with van der Waals surface area (Å²) >= 11 is 0. The largest absolute Gasteiger partial charge is 0.342 e. The minimum atomic E-state index is -0.285. The van der Waals surface area contributed by atoms with Crippen LogP contribution in [0.1, 0.15) is 59.5 Å². The maximum Gasteiger partial charge on any atom is 0.251 e. The fraction of sp³-hybridized carbons (Fsp3) is 0.292. The van der Waals surface area contributed by atoms with Crippen molar-refractivity contribution in [2.24, 2.45) is 0 Å². The zero-order valence-corrected chi connectivity index (χ0v) is 17.6. The van der Waals surface area contributed by atoms with Crippen LogP contribution in [0.15, 0.2) is 54.9 Å². The fourth-order valence-electron chi connectivity index (χ4n) is 3.99. The molecule has 1 aromatic heterocycles. The van der Waals surface area contributed by atoms with Crippen LogP contribution in [0.25, 0.3) is 16.8 Å². The van der Waals surface area contributed by atoms with Gasteiger partial charge in [-0.1, -0.05) is 29.8 Å². The Kier molecular flexibility index (Phi) is 4.82. The van der Waals surface area contributed by atoms with E-state index < -0.39 is 0 Å². The summed E-state index contributed by atoms with van der Waals surface area (Å²) < 4.78 is 0. The van der Waals surface area contributed by atoms with Crippen molar-refractivity contribution >= 4 is 11.6 Å². The molecule has 1 atom stereocenters. The zero-order valence-electron chi connectivity index (χ0n) is 17.6. The molecule has 1 unspecified atom stereocenters. The molecule has 1 spiro atoms. The van der Waals surface area contributed by atoms with Gasteiger partial charge in [0.25, 0.3) is 5.91 Å². The molecule has 3 aromatic rings. The summed E-state index contributed by atoms with van der Waals surface area (Å²) in [6, 6.07) is 13.9. The molecular formula is C24H25N5O2. The highest BCUT2D eigenvalue weighted by atomic mass is 16.7. The molecule has 0 radical (unpaired) electrons. The van der Waals surface area contributed by atoms with Crippen LogP contribution in [0.5, 0.6) is 0 Å². The number of carbonyl (C=O) groups excluding carboxylic acids is 1. The van der Waals surface area contributed by atoms with Gasteiger partial charge in [-0.2, -0.15) is 5.10 Å². The van der Waals surface area contributed by atoms with E-state index in [1.54, 1.807) is 0 Å². The van der Waals surface area contributed by atoms with Crippen LogP contribution in [0.3, 0.4) is 0 Å². The van der Waals surface area contributed by atoms with Gasteiger partial charge in [0.1, 0.15) is 17.8 Å². The quantitative estimate of drug-likeness (QED) is 0.584. The highest BCUT2D eigenvalue weighted by molar-refractivity contribution is 5.97.